The minimum atomic E-state index is -4.05. The fourth-order valence-corrected chi connectivity index (χ4v) is 2.95. The molecule has 1 unspecified atom stereocenters. The van der Waals surface area contributed by atoms with Gasteiger partial charge >= 0.3 is 0 Å². The van der Waals surface area contributed by atoms with Gasteiger partial charge in [-0.3, -0.25) is 4.55 Å². The van der Waals surface area contributed by atoms with Crippen molar-refractivity contribution in [1.29, 1.82) is 0 Å². The predicted molar refractivity (Wildman–Crippen MR) is 106 cm³/mol. The summed E-state index contributed by atoms with van der Waals surface area (Å²) < 4.78 is 35.4. The van der Waals surface area contributed by atoms with E-state index in [1.165, 1.54) is 77.6 Å². The Morgan fingerprint density at radius 2 is 1.24 bits per heavy atom. The molecule has 0 amide bonds. The van der Waals surface area contributed by atoms with E-state index in [0.29, 0.717) is 6.61 Å². The number of allylic oxidation sites excluding steroid dienone is 2. The third-order valence-corrected chi connectivity index (χ3v) is 5.40. The van der Waals surface area contributed by atoms with Crippen molar-refractivity contribution in [2.24, 2.45) is 0 Å². The minimum absolute atomic E-state index is 0.391. The number of rotatable bonds is 18. The smallest absolute Gasteiger partial charge is 0.291 e. The van der Waals surface area contributed by atoms with Crippen LogP contribution in [-0.4, -0.2) is 25.0 Å². The van der Waals surface area contributed by atoms with Gasteiger partial charge in [0.1, 0.15) is 0 Å². The first-order chi connectivity index (χ1) is 12.0. The lowest BCUT2D eigenvalue weighted by Crippen LogP contribution is -2.20. The highest BCUT2D eigenvalue weighted by molar-refractivity contribution is 7.86. The zero-order valence-electron chi connectivity index (χ0n) is 16.4. The van der Waals surface area contributed by atoms with Gasteiger partial charge in [-0.15, -0.1) is 0 Å². The van der Waals surface area contributed by atoms with Gasteiger partial charge < -0.3 is 4.74 Å². The van der Waals surface area contributed by atoms with Gasteiger partial charge in [0, 0.05) is 6.61 Å². The Bertz CT molecular complexity index is 404. The summed E-state index contributed by atoms with van der Waals surface area (Å²) in [6.07, 6.45) is 22.1. The summed E-state index contributed by atoms with van der Waals surface area (Å²) in [6, 6.07) is 0. The van der Waals surface area contributed by atoms with E-state index in [2.05, 4.69) is 19.1 Å². The fraction of sp³-hybridized carbons (Fsp3) is 0.900. The molecule has 0 aliphatic heterocycles. The second kappa shape index (κ2) is 17.0. The zero-order valence-corrected chi connectivity index (χ0v) is 17.2. The van der Waals surface area contributed by atoms with Crippen LogP contribution >= 0.6 is 0 Å². The third-order valence-electron chi connectivity index (χ3n) is 4.43. The van der Waals surface area contributed by atoms with E-state index >= 15 is 0 Å². The molecule has 0 bridgehead atoms. The normalized spacial score (nSPS) is 13.6. The Labute approximate surface area is 156 Å². The second-order valence-electron chi connectivity index (χ2n) is 6.89. The van der Waals surface area contributed by atoms with Crippen LogP contribution in [0.25, 0.3) is 0 Å². The maximum absolute atomic E-state index is 10.8. The lowest BCUT2D eigenvalue weighted by molar-refractivity contribution is 0.106. The van der Waals surface area contributed by atoms with Gasteiger partial charge in [0.25, 0.3) is 10.1 Å². The summed E-state index contributed by atoms with van der Waals surface area (Å²) in [5.74, 6) is 0. The Kier molecular flexibility index (Phi) is 16.8. The van der Waals surface area contributed by atoms with E-state index in [0.717, 1.165) is 19.3 Å². The maximum atomic E-state index is 10.8. The van der Waals surface area contributed by atoms with Crippen molar-refractivity contribution in [2.75, 3.05) is 6.61 Å². The molecule has 0 radical (unpaired) electrons. The molecule has 0 spiro atoms. The highest BCUT2D eigenvalue weighted by atomic mass is 32.2. The molecule has 25 heavy (non-hydrogen) atoms. The van der Waals surface area contributed by atoms with E-state index in [1.807, 2.05) is 0 Å². The molecule has 0 saturated carbocycles. The largest absolute Gasteiger partial charge is 0.360 e. The van der Waals surface area contributed by atoms with Crippen molar-refractivity contribution >= 4 is 10.1 Å². The van der Waals surface area contributed by atoms with Crippen LogP contribution in [0.5, 0.6) is 0 Å². The molecule has 150 valence electrons. The topological polar surface area (TPSA) is 63.6 Å². The molecule has 1 atom stereocenters. The summed E-state index contributed by atoms with van der Waals surface area (Å²) in [6.45, 7) is 4.00. The van der Waals surface area contributed by atoms with Gasteiger partial charge in [0.2, 0.25) is 0 Å². The van der Waals surface area contributed by atoms with Crippen LogP contribution in [0.15, 0.2) is 12.2 Å². The van der Waals surface area contributed by atoms with Gasteiger partial charge in [-0.2, -0.15) is 8.42 Å². The molecular weight excluding hydrogens is 336 g/mol. The van der Waals surface area contributed by atoms with Crippen LogP contribution in [0.4, 0.5) is 0 Å². The summed E-state index contributed by atoms with van der Waals surface area (Å²) in [4.78, 5) is 0. The predicted octanol–water partition coefficient (Wildman–Crippen LogP) is 6.27. The first kappa shape index (κ1) is 24.6. The van der Waals surface area contributed by atoms with Gasteiger partial charge in [-0.25, -0.2) is 0 Å². The quantitative estimate of drug-likeness (QED) is 0.174. The van der Waals surface area contributed by atoms with Crippen LogP contribution in [-0.2, 0) is 14.9 Å². The van der Waals surface area contributed by atoms with Crippen molar-refractivity contribution in [1.82, 2.24) is 0 Å². The molecule has 0 aromatic rings. The van der Waals surface area contributed by atoms with Crippen molar-refractivity contribution in [3.05, 3.63) is 12.2 Å². The Balaban J connectivity index is 3.22. The molecule has 0 aliphatic rings. The molecule has 0 aliphatic carbocycles. The lowest BCUT2D eigenvalue weighted by Gasteiger charge is -2.09. The van der Waals surface area contributed by atoms with Crippen molar-refractivity contribution < 1.29 is 17.7 Å². The van der Waals surface area contributed by atoms with Gasteiger partial charge in [0.05, 0.1) is 0 Å². The standard InChI is InChI=1S/C20H40O4S/c1-3-4-5-6-7-8-9-10-11-12-13-14-15-16-17-18-19-24-20(2)25(21,22)23/h10-11,20H,3-9,12-19H2,1-2H3,(H,21,22,23)/b11-10-. The molecular formula is C20H40O4S. The molecule has 1 N–H and O–H groups in total. The Morgan fingerprint density at radius 3 is 1.72 bits per heavy atom. The second-order valence-corrected chi connectivity index (χ2v) is 8.59. The molecule has 0 saturated heterocycles. The van der Waals surface area contributed by atoms with E-state index in [-0.39, 0.29) is 0 Å². The highest BCUT2D eigenvalue weighted by Gasteiger charge is 2.16. The first-order valence-corrected chi connectivity index (χ1v) is 11.7. The lowest BCUT2D eigenvalue weighted by atomic mass is 10.1. The molecule has 0 aromatic heterocycles. The molecule has 5 heteroatoms. The van der Waals surface area contributed by atoms with Crippen LogP contribution in [0, 0.1) is 0 Å². The zero-order chi connectivity index (χ0) is 18.8. The number of hydrogen-bond donors (Lipinski definition) is 1. The van der Waals surface area contributed by atoms with Crippen LogP contribution in [0.2, 0.25) is 0 Å². The van der Waals surface area contributed by atoms with E-state index in [9.17, 15) is 8.42 Å². The van der Waals surface area contributed by atoms with Crippen molar-refractivity contribution in [3.8, 4) is 0 Å². The molecule has 4 nitrogen and oxygen atoms in total. The van der Waals surface area contributed by atoms with E-state index in [1.54, 1.807) is 0 Å². The minimum Gasteiger partial charge on any atom is -0.360 e. The first-order valence-electron chi connectivity index (χ1n) is 10.2. The van der Waals surface area contributed by atoms with E-state index in [4.69, 9.17) is 9.29 Å². The summed E-state index contributed by atoms with van der Waals surface area (Å²) in [7, 11) is -4.05. The average Bonchev–Trinajstić information content (AvgIpc) is 2.56. The SMILES string of the molecule is CCCCCCCC/C=C\CCCCCCCCOC(C)S(=O)(=O)O. The summed E-state index contributed by atoms with van der Waals surface area (Å²) in [5.41, 5.74) is -1.12. The Morgan fingerprint density at radius 1 is 0.800 bits per heavy atom. The highest BCUT2D eigenvalue weighted by Crippen LogP contribution is 2.10. The molecule has 0 rings (SSSR count). The van der Waals surface area contributed by atoms with Crippen molar-refractivity contribution in [2.45, 2.75) is 109 Å². The monoisotopic (exact) mass is 376 g/mol. The van der Waals surface area contributed by atoms with Crippen LogP contribution in [0.3, 0.4) is 0 Å². The van der Waals surface area contributed by atoms with Crippen molar-refractivity contribution in [3.63, 3.8) is 0 Å². The number of unbranched alkanes of at least 4 members (excludes halogenated alkanes) is 12. The van der Waals surface area contributed by atoms with Gasteiger partial charge in [0.15, 0.2) is 5.44 Å². The van der Waals surface area contributed by atoms with Gasteiger partial charge in [-0.1, -0.05) is 76.9 Å². The number of hydrogen-bond acceptors (Lipinski definition) is 3. The van der Waals surface area contributed by atoms with Crippen LogP contribution in [0.1, 0.15) is 104 Å². The number of ether oxygens (including phenoxy) is 1. The molecule has 0 aromatic carbocycles. The fourth-order valence-electron chi connectivity index (χ4n) is 2.68. The van der Waals surface area contributed by atoms with Crippen LogP contribution < -0.4 is 0 Å². The molecule has 0 heterocycles. The summed E-state index contributed by atoms with van der Waals surface area (Å²) >= 11 is 0. The van der Waals surface area contributed by atoms with E-state index < -0.39 is 15.6 Å². The Hall–Kier alpha value is -0.390. The molecule has 0 fully saturated rings. The average molecular weight is 377 g/mol. The maximum Gasteiger partial charge on any atom is 0.291 e. The third kappa shape index (κ3) is 18.2. The van der Waals surface area contributed by atoms with Gasteiger partial charge in [-0.05, 0) is 39.0 Å². The summed E-state index contributed by atoms with van der Waals surface area (Å²) in [5, 5.41) is 0.